The van der Waals surface area contributed by atoms with Crippen LogP contribution in [-0.4, -0.2) is 87.5 Å². The summed E-state index contributed by atoms with van der Waals surface area (Å²) in [5, 5.41) is 36.8. The summed E-state index contributed by atoms with van der Waals surface area (Å²) < 4.78 is 13.3. The number of rotatable bonds is 14. The van der Waals surface area contributed by atoms with Crippen LogP contribution in [0.3, 0.4) is 0 Å². The van der Waals surface area contributed by atoms with Gasteiger partial charge in [0.25, 0.3) is 0 Å². The molecule has 0 saturated heterocycles. The molecule has 2 aliphatic carbocycles. The van der Waals surface area contributed by atoms with E-state index in [1.54, 1.807) is 31.0 Å². The SMILES string of the molecule is CCCN.CCCNc1ccnc(C#Cc2ccc(Nc3ncc(-c4ccccn4)c(NC4CCC(O)CC4)n3)cc2)c1.OC1CCC(Nc2nc(Nc3ccc(C#Cc4cc(F)ccn4)cc3)ncc2-c2ccccn2)CC1. The Balaban J connectivity index is 0.000000195. The number of benzene rings is 2. The van der Waals surface area contributed by atoms with Crippen molar-refractivity contribution in [2.45, 2.75) is 102 Å². The molecule has 2 fully saturated rings. The monoisotopic (exact) mass is 1060 g/mol. The zero-order valence-electron chi connectivity index (χ0n) is 44.6. The van der Waals surface area contributed by atoms with E-state index in [-0.39, 0.29) is 30.1 Å². The van der Waals surface area contributed by atoms with Crippen molar-refractivity contribution in [2.75, 3.05) is 39.7 Å². The van der Waals surface area contributed by atoms with Gasteiger partial charge in [-0.1, -0.05) is 37.8 Å². The molecule has 404 valence electrons. The minimum Gasteiger partial charge on any atom is -0.393 e. The number of hydrogen-bond donors (Lipinski definition) is 8. The van der Waals surface area contributed by atoms with Gasteiger partial charge in [-0.15, -0.1) is 0 Å². The second kappa shape index (κ2) is 29.6. The van der Waals surface area contributed by atoms with Crippen LogP contribution in [0.2, 0.25) is 0 Å². The van der Waals surface area contributed by atoms with Crippen molar-refractivity contribution >= 4 is 40.6 Å². The van der Waals surface area contributed by atoms with Crippen LogP contribution in [0, 0.1) is 29.5 Å². The van der Waals surface area contributed by atoms with Gasteiger partial charge >= 0.3 is 0 Å². The van der Waals surface area contributed by atoms with Crippen LogP contribution < -0.4 is 32.3 Å². The zero-order valence-corrected chi connectivity index (χ0v) is 44.6. The predicted octanol–water partition coefficient (Wildman–Crippen LogP) is 10.9. The van der Waals surface area contributed by atoms with E-state index in [0.717, 1.165) is 140 Å². The van der Waals surface area contributed by atoms with Gasteiger partial charge in [-0.3, -0.25) is 9.97 Å². The number of aromatic nitrogens is 8. The molecule has 6 aromatic heterocycles. The molecule has 79 heavy (non-hydrogen) atoms. The molecule has 9 N–H and O–H groups in total. The molecule has 0 spiro atoms. The number of pyridine rings is 4. The summed E-state index contributed by atoms with van der Waals surface area (Å²) in [6, 6.07) is 33.9. The highest BCUT2D eigenvalue weighted by Gasteiger charge is 2.23. The molecule has 0 amide bonds. The molecule has 0 bridgehead atoms. The number of nitrogens with two attached hydrogens (primary N) is 1. The fourth-order valence-electron chi connectivity index (χ4n) is 8.51. The molecule has 0 unspecified atom stereocenters. The Morgan fingerprint density at radius 1 is 0.519 bits per heavy atom. The normalized spacial score (nSPS) is 16.3. The minimum atomic E-state index is -0.363. The van der Waals surface area contributed by atoms with Gasteiger partial charge in [-0.05, 0) is 174 Å². The van der Waals surface area contributed by atoms with Crippen molar-refractivity contribution < 1.29 is 14.6 Å². The van der Waals surface area contributed by atoms with Crippen LogP contribution in [0.5, 0.6) is 0 Å². The maximum absolute atomic E-state index is 13.3. The van der Waals surface area contributed by atoms with Crippen molar-refractivity contribution in [3.8, 4) is 46.2 Å². The van der Waals surface area contributed by atoms with Gasteiger partial charge in [0, 0.05) is 90.1 Å². The van der Waals surface area contributed by atoms with Gasteiger partial charge in [-0.2, -0.15) is 9.97 Å². The van der Waals surface area contributed by atoms with Crippen molar-refractivity contribution in [1.82, 2.24) is 39.9 Å². The maximum Gasteiger partial charge on any atom is 0.229 e. The Morgan fingerprint density at radius 3 is 1.42 bits per heavy atom. The smallest absolute Gasteiger partial charge is 0.229 e. The number of hydrogen-bond acceptors (Lipinski definition) is 16. The lowest BCUT2D eigenvalue weighted by atomic mass is 9.93. The van der Waals surface area contributed by atoms with Crippen LogP contribution in [0.15, 0.2) is 146 Å². The molecule has 0 atom stereocenters. The van der Waals surface area contributed by atoms with Crippen molar-refractivity contribution in [3.63, 3.8) is 0 Å². The Kier molecular flexibility index (Phi) is 21.1. The highest BCUT2D eigenvalue weighted by molar-refractivity contribution is 5.75. The fraction of sp³-hybridized carbons (Fsp3) is 0.290. The first-order valence-electron chi connectivity index (χ1n) is 27.0. The standard InChI is InChI=1S/C31H33N7O.C28H25FN6O.C3H9N/c1-2-17-32-26-16-19-33-25(20-26)11-8-22-6-9-24(10-7-22)37-31-35-21-28(29-5-3-4-18-34-29)30(38-31)36-23-12-14-27(39)15-13-23;29-20-14-16-30-23(17-20)9-6-19-4-7-22(8-5-19)34-28-32-18-25(26-3-1-2-15-31-26)27(35-28)33-21-10-12-24(36)13-11-21;1-2-3-4/h3-7,9-10,16,18-21,23,27,39H,2,12-15,17H2,1H3,(H,32,33)(H2,35,36,37,38);1-5,7-8,14-18,21,24,36H,10-13H2,(H2,32,33,34,35);2-4H2,1H3. The van der Waals surface area contributed by atoms with E-state index in [9.17, 15) is 14.6 Å². The summed E-state index contributed by atoms with van der Waals surface area (Å²) in [5.41, 5.74) is 13.8. The van der Waals surface area contributed by atoms with Crippen molar-refractivity contribution in [2.24, 2.45) is 5.73 Å². The second-order valence-corrected chi connectivity index (χ2v) is 19.1. The molecule has 17 heteroatoms. The largest absolute Gasteiger partial charge is 0.393 e. The highest BCUT2D eigenvalue weighted by Crippen LogP contribution is 2.31. The van der Waals surface area contributed by atoms with Gasteiger partial charge in [-0.25, -0.2) is 24.3 Å². The van der Waals surface area contributed by atoms with Crippen LogP contribution in [-0.2, 0) is 0 Å². The Bertz CT molecular complexity index is 3280. The van der Waals surface area contributed by atoms with E-state index in [1.807, 2.05) is 97.1 Å². The van der Waals surface area contributed by atoms with E-state index < -0.39 is 0 Å². The molecule has 0 radical (unpaired) electrons. The third kappa shape index (κ3) is 17.8. The molecule has 0 aliphatic heterocycles. The van der Waals surface area contributed by atoms with Gasteiger partial charge in [0.15, 0.2) is 0 Å². The van der Waals surface area contributed by atoms with E-state index >= 15 is 0 Å². The van der Waals surface area contributed by atoms with Gasteiger partial charge in [0.05, 0.1) is 34.7 Å². The zero-order chi connectivity index (χ0) is 55.0. The van der Waals surface area contributed by atoms with Crippen LogP contribution in [0.4, 0.5) is 45.0 Å². The van der Waals surface area contributed by atoms with Crippen molar-refractivity contribution in [1.29, 1.82) is 0 Å². The van der Waals surface area contributed by atoms with E-state index in [2.05, 4.69) is 94.0 Å². The number of nitrogens with zero attached hydrogens (tertiary/aromatic N) is 8. The Hall–Kier alpha value is -8.87. The van der Waals surface area contributed by atoms with E-state index in [4.69, 9.17) is 15.7 Å². The molecule has 2 saturated carbocycles. The summed E-state index contributed by atoms with van der Waals surface area (Å²) in [6.45, 7) is 5.93. The Morgan fingerprint density at radius 2 is 0.987 bits per heavy atom. The number of halogens is 1. The van der Waals surface area contributed by atoms with Crippen molar-refractivity contribution in [3.05, 3.63) is 175 Å². The summed E-state index contributed by atoms with van der Waals surface area (Å²) in [5.74, 6) is 14.2. The molecule has 8 aromatic rings. The van der Waals surface area contributed by atoms with Crippen LogP contribution in [0.1, 0.15) is 101 Å². The van der Waals surface area contributed by atoms with Crippen LogP contribution >= 0.6 is 0 Å². The van der Waals surface area contributed by atoms with E-state index in [1.165, 1.54) is 18.3 Å². The summed E-state index contributed by atoms with van der Waals surface area (Å²) in [6.07, 6.45) is 18.7. The highest BCUT2D eigenvalue weighted by atomic mass is 19.1. The van der Waals surface area contributed by atoms with Crippen LogP contribution in [0.25, 0.3) is 22.5 Å². The van der Waals surface area contributed by atoms with Gasteiger partial charge in [0.1, 0.15) is 28.8 Å². The first-order valence-corrected chi connectivity index (χ1v) is 27.0. The number of aliphatic hydroxyl groups excluding tert-OH is 2. The fourth-order valence-corrected chi connectivity index (χ4v) is 8.51. The molecular formula is C62H67FN14O2. The lowest BCUT2D eigenvalue weighted by Gasteiger charge is -2.27. The second-order valence-electron chi connectivity index (χ2n) is 19.1. The summed E-state index contributed by atoms with van der Waals surface area (Å²) >= 11 is 0. The molecule has 2 aliphatic rings. The third-order valence-electron chi connectivity index (χ3n) is 12.8. The van der Waals surface area contributed by atoms with E-state index in [0.29, 0.717) is 23.4 Å². The third-order valence-corrected chi connectivity index (χ3v) is 12.8. The first-order chi connectivity index (χ1) is 38.7. The topological polar surface area (TPSA) is 230 Å². The number of aliphatic hydroxyl groups is 2. The molecule has 6 heterocycles. The average Bonchev–Trinajstić information content (AvgIpc) is 3.49. The summed E-state index contributed by atoms with van der Waals surface area (Å²) in [4.78, 5) is 36.0. The number of anilines is 7. The quantitative estimate of drug-likeness (QED) is 0.0474. The average molecular weight is 1060 g/mol. The number of nitrogens with one attached hydrogen (secondary N) is 5. The first kappa shape index (κ1) is 56.3. The molecule has 10 rings (SSSR count). The molecule has 2 aromatic carbocycles. The Labute approximate surface area is 461 Å². The van der Waals surface area contributed by atoms with Gasteiger partial charge < -0.3 is 42.5 Å². The predicted molar refractivity (Wildman–Crippen MR) is 312 cm³/mol. The molecular weight excluding hydrogens is 992 g/mol. The van der Waals surface area contributed by atoms with Gasteiger partial charge in [0.2, 0.25) is 11.9 Å². The lowest BCUT2D eigenvalue weighted by Crippen LogP contribution is -2.29. The minimum absolute atomic E-state index is 0.210. The molecule has 16 nitrogen and oxygen atoms in total. The summed E-state index contributed by atoms with van der Waals surface area (Å²) in [7, 11) is 0. The maximum atomic E-state index is 13.3. The lowest BCUT2D eigenvalue weighted by molar-refractivity contribution is 0.125.